The first-order chi connectivity index (χ1) is 14.2. The minimum atomic E-state index is 0.0950. The molecule has 0 spiro atoms. The van der Waals surface area contributed by atoms with E-state index in [9.17, 15) is 4.79 Å². The van der Waals surface area contributed by atoms with E-state index in [1.54, 1.807) is 6.33 Å². The maximum Gasteiger partial charge on any atom is 0.253 e. The molecule has 2 aromatic carbocycles. The first kappa shape index (κ1) is 19.1. The second-order valence-electron chi connectivity index (χ2n) is 7.30. The molecule has 0 unspecified atom stereocenters. The fourth-order valence-electron chi connectivity index (χ4n) is 3.38. The Balaban J connectivity index is 1.43. The van der Waals surface area contributed by atoms with Gasteiger partial charge in [0.15, 0.2) is 0 Å². The summed E-state index contributed by atoms with van der Waals surface area (Å²) in [5.41, 5.74) is 3.70. The first-order valence-corrected chi connectivity index (χ1v) is 9.87. The monoisotopic (exact) mass is 387 g/mol. The molecule has 148 valence electrons. The minimum absolute atomic E-state index is 0.0950. The molecule has 29 heavy (non-hydrogen) atoms. The number of piperazine rings is 1. The van der Waals surface area contributed by atoms with Crippen LogP contribution in [0.3, 0.4) is 0 Å². The Bertz CT molecular complexity index is 951. The number of benzene rings is 2. The number of amides is 1. The molecule has 1 fully saturated rings. The molecule has 6 nitrogen and oxygen atoms in total. The molecule has 2 heterocycles. The summed E-state index contributed by atoms with van der Waals surface area (Å²) in [6, 6.07) is 19.8. The summed E-state index contributed by atoms with van der Waals surface area (Å²) in [4.78, 5) is 25.6. The lowest BCUT2D eigenvalue weighted by atomic mass is 10.1. The van der Waals surface area contributed by atoms with Crippen molar-refractivity contribution in [1.82, 2.24) is 19.8 Å². The SMILES string of the molecule is CN1CCN(C(=O)c2ccc(-c3cc(NCc4ccccc4)ncn3)cc2)CC1. The van der Waals surface area contributed by atoms with E-state index in [-0.39, 0.29) is 5.91 Å². The van der Waals surface area contributed by atoms with Gasteiger partial charge in [0.25, 0.3) is 5.91 Å². The van der Waals surface area contributed by atoms with E-state index in [0.29, 0.717) is 6.54 Å². The highest BCUT2D eigenvalue weighted by molar-refractivity contribution is 5.94. The van der Waals surface area contributed by atoms with Crippen molar-refractivity contribution in [3.63, 3.8) is 0 Å². The van der Waals surface area contributed by atoms with Crippen molar-refractivity contribution in [1.29, 1.82) is 0 Å². The highest BCUT2D eigenvalue weighted by Gasteiger charge is 2.20. The Morgan fingerprint density at radius 1 is 0.966 bits per heavy atom. The van der Waals surface area contributed by atoms with Crippen molar-refractivity contribution in [2.45, 2.75) is 6.54 Å². The van der Waals surface area contributed by atoms with Gasteiger partial charge in [-0.25, -0.2) is 9.97 Å². The van der Waals surface area contributed by atoms with Crippen LogP contribution in [0, 0.1) is 0 Å². The zero-order valence-corrected chi connectivity index (χ0v) is 16.6. The van der Waals surface area contributed by atoms with E-state index in [4.69, 9.17) is 0 Å². The molecule has 1 N–H and O–H groups in total. The summed E-state index contributed by atoms with van der Waals surface area (Å²) in [7, 11) is 2.08. The largest absolute Gasteiger partial charge is 0.366 e. The van der Waals surface area contributed by atoms with Gasteiger partial charge in [-0.05, 0) is 24.7 Å². The van der Waals surface area contributed by atoms with E-state index in [2.05, 4.69) is 39.4 Å². The molecule has 3 aromatic rings. The van der Waals surface area contributed by atoms with Gasteiger partial charge in [-0.15, -0.1) is 0 Å². The number of carbonyl (C=O) groups excluding carboxylic acids is 1. The van der Waals surface area contributed by atoms with Crippen LogP contribution >= 0.6 is 0 Å². The van der Waals surface area contributed by atoms with Crippen LogP contribution in [-0.2, 0) is 6.54 Å². The van der Waals surface area contributed by atoms with Gasteiger partial charge >= 0.3 is 0 Å². The van der Waals surface area contributed by atoms with Crippen molar-refractivity contribution in [2.24, 2.45) is 0 Å². The zero-order valence-electron chi connectivity index (χ0n) is 16.6. The second kappa shape index (κ2) is 8.84. The average molecular weight is 387 g/mol. The molecular formula is C23H25N5O. The fraction of sp³-hybridized carbons (Fsp3) is 0.261. The number of nitrogens with one attached hydrogen (secondary N) is 1. The van der Waals surface area contributed by atoms with Crippen LogP contribution < -0.4 is 5.32 Å². The van der Waals surface area contributed by atoms with E-state index < -0.39 is 0 Å². The van der Waals surface area contributed by atoms with Gasteiger partial charge in [-0.3, -0.25) is 4.79 Å². The number of nitrogens with zero attached hydrogens (tertiary/aromatic N) is 4. The zero-order chi connectivity index (χ0) is 20.1. The third-order valence-electron chi connectivity index (χ3n) is 5.20. The normalized spacial score (nSPS) is 14.6. The van der Waals surface area contributed by atoms with E-state index in [1.165, 1.54) is 5.56 Å². The highest BCUT2D eigenvalue weighted by Crippen LogP contribution is 2.20. The predicted molar refractivity (Wildman–Crippen MR) is 115 cm³/mol. The van der Waals surface area contributed by atoms with Gasteiger partial charge in [0.1, 0.15) is 12.1 Å². The lowest BCUT2D eigenvalue weighted by Crippen LogP contribution is -2.47. The Labute approximate surface area is 171 Å². The minimum Gasteiger partial charge on any atom is -0.366 e. The maximum atomic E-state index is 12.7. The Hall–Kier alpha value is -3.25. The summed E-state index contributed by atoms with van der Waals surface area (Å²) in [5, 5.41) is 3.33. The fourth-order valence-corrected chi connectivity index (χ4v) is 3.38. The quantitative estimate of drug-likeness (QED) is 0.729. The van der Waals surface area contributed by atoms with Gasteiger partial charge in [0.05, 0.1) is 5.69 Å². The molecule has 1 saturated heterocycles. The lowest BCUT2D eigenvalue weighted by molar-refractivity contribution is 0.0664. The second-order valence-corrected chi connectivity index (χ2v) is 7.30. The summed E-state index contributed by atoms with van der Waals surface area (Å²) in [6.45, 7) is 4.10. The van der Waals surface area contributed by atoms with Crippen LogP contribution in [0.4, 0.5) is 5.82 Å². The first-order valence-electron chi connectivity index (χ1n) is 9.87. The molecule has 6 heteroatoms. The van der Waals surface area contributed by atoms with Crippen molar-refractivity contribution < 1.29 is 4.79 Å². The van der Waals surface area contributed by atoms with E-state index in [0.717, 1.165) is 48.8 Å². The molecule has 0 aliphatic carbocycles. The van der Waals surface area contributed by atoms with E-state index in [1.807, 2.05) is 53.4 Å². The third kappa shape index (κ3) is 4.78. The van der Waals surface area contributed by atoms with Crippen LogP contribution in [0.25, 0.3) is 11.3 Å². The van der Waals surface area contributed by atoms with Crippen LogP contribution in [-0.4, -0.2) is 58.9 Å². The van der Waals surface area contributed by atoms with Crippen LogP contribution in [0.1, 0.15) is 15.9 Å². The number of hydrogen-bond donors (Lipinski definition) is 1. The Kier molecular flexibility index (Phi) is 5.81. The molecule has 0 radical (unpaired) electrons. The number of likely N-dealkylation sites (N-methyl/N-ethyl adjacent to an activating group) is 1. The van der Waals surface area contributed by atoms with Crippen LogP contribution in [0.5, 0.6) is 0 Å². The Morgan fingerprint density at radius 2 is 1.69 bits per heavy atom. The summed E-state index contributed by atoms with van der Waals surface area (Å²) in [5.74, 6) is 0.869. The molecule has 0 atom stereocenters. The maximum absolute atomic E-state index is 12.7. The number of anilines is 1. The van der Waals surface area contributed by atoms with Crippen molar-refractivity contribution in [3.05, 3.63) is 78.1 Å². The van der Waals surface area contributed by atoms with Gasteiger partial charge in [-0.1, -0.05) is 42.5 Å². The van der Waals surface area contributed by atoms with Crippen LogP contribution in [0.15, 0.2) is 67.0 Å². The third-order valence-corrected chi connectivity index (χ3v) is 5.20. The highest BCUT2D eigenvalue weighted by atomic mass is 16.2. The molecule has 1 aliphatic heterocycles. The molecule has 0 saturated carbocycles. The topological polar surface area (TPSA) is 61.4 Å². The summed E-state index contributed by atoms with van der Waals surface area (Å²) in [6.07, 6.45) is 1.56. The van der Waals surface area contributed by atoms with Crippen molar-refractivity contribution in [3.8, 4) is 11.3 Å². The van der Waals surface area contributed by atoms with Crippen molar-refractivity contribution in [2.75, 3.05) is 38.5 Å². The molecule has 1 amide bonds. The molecule has 4 rings (SSSR count). The van der Waals surface area contributed by atoms with Gasteiger partial charge in [0, 0.05) is 49.9 Å². The smallest absolute Gasteiger partial charge is 0.253 e. The number of hydrogen-bond acceptors (Lipinski definition) is 5. The number of rotatable bonds is 5. The van der Waals surface area contributed by atoms with Gasteiger partial charge in [0.2, 0.25) is 0 Å². The van der Waals surface area contributed by atoms with Gasteiger partial charge in [-0.2, -0.15) is 0 Å². The summed E-state index contributed by atoms with van der Waals surface area (Å²) >= 11 is 0. The molecule has 1 aromatic heterocycles. The molecular weight excluding hydrogens is 362 g/mol. The standard InChI is InChI=1S/C23H25N5O/c1-27-11-13-28(14-12-27)23(29)20-9-7-19(8-10-20)21-15-22(26-17-25-21)24-16-18-5-3-2-4-6-18/h2-10,15,17H,11-14,16H2,1H3,(H,24,25,26). The predicted octanol–water partition coefficient (Wildman–Crippen LogP) is 3.14. The van der Waals surface area contributed by atoms with Gasteiger partial charge < -0.3 is 15.1 Å². The van der Waals surface area contributed by atoms with Crippen LogP contribution in [0.2, 0.25) is 0 Å². The number of aromatic nitrogens is 2. The average Bonchev–Trinajstić information content (AvgIpc) is 2.79. The van der Waals surface area contributed by atoms with Crippen molar-refractivity contribution >= 4 is 11.7 Å². The lowest BCUT2D eigenvalue weighted by Gasteiger charge is -2.32. The van der Waals surface area contributed by atoms with E-state index >= 15 is 0 Å². The molecule has 0 bridgehead atoms. The summed E-state index contributed by atoms with van der Waals surface area (Å²) < 4.78 is 0. The Morgan fingerprint density at radius 3 is 2.41 bits per heavy atom. The number of carbonyl (C=O) groups is 1. The molecule has 1 aliphatic rings.